The van der Waals surface area contributed by atoms with Crippen molar-refractivity contribution in [3.63, 3.8) is 0 Å². The second kappa shape index (κ2) is 5.58. The van der Waals surface area contributed by atoms with Crippen LogP contribution in [-0.4, -0.2) is 42.0 Å². The van der Waals surface area contributed by atoms with Crippen molar-refractivity contribution >= 4 is 34.0 Å². The maximum absolute atomic E-state index is 12.3. The number of carbonyl (C=O) groups is 1. The highest BCUT2D eigenvalue weighted by molar-refractivity contribution is 7.12. The van der Waals surface area contributed by atoms with E-state index in [0.29, 0.717) is 24.2 Å². The Balaban J connectivity index is 1.48. The van der Waals surface area contributed by atoms with E-state index < -0.39 is 5.76 Å². The molecule has 1 amide bonds. The molecule has 7 heteroatoms. The van der Waals surface area contributed by atoms with Crippen LogP contribution in [0.4, 0.5) is 5.69 Å². The standard InChI is InChI=1S/C16H15N3O3S/c20-15(14-2-1-9-23-14)19-7-5-18(6-8-19)11-3-4-13-12(10-11)17-16(21)22-13/h1-4,9-10H,5-8H2,(H,17,21). The lowest BCUT2D eigenvalue weighted by Crippen LogP contribution is -2.48. The van der Waals surface area contributed by atoms with Gasteiger partial charge in [0.05, 0.1) is 10.4 Å². The van der Waals surface area contributed by atoms with Crippen molar-refractivity contribution in [1.29, 1.82) is 0 Å². The highest BCUT2D eigenvalue weighted by Crippen LogP contribution is 2.22. The highest BCUT2D eigenvalue weighted by Gasteiger charge is 2.23. The number of thiophene rings is 1. The summed E-state index contributed by atoms with van der Waals surface area (Å²) in [5.41, 5.74) is 2.28. The normalized spacial score (nSPS) is 15.3. The van der Waals surface area contributed by atoms with Crippen LogP contribution >= 0.6 is 11.3 Å². The van der Waals surface area contributed by atoms with E-state index in [1.165, 1.54) is 11.3 Å². The molecular formula is C16H15N3O3S. The molecule has 23 heavy (non-hydrogen) atoms. The number of fused-ring (bicyclic) bond motifs is 1. The van der Waals surface area contributed by atoms with Gasteiger partial charge >= 0.3 is 5.76 Å². The van der Waals surface area contributed by atoms with Crippen LogP contribution < -0.4 is 10.7 Å². The lowest BCUT2D eigenvalue weighted by molar-refractivity contribution is 0.0751. The van der Waals surface area contributed by atoms with Gasteiger partial charge in [0.15, 0.2) is 5.58 Å². The molecule has 0 spiro atoms. The number of rotatable bonds is 2. The van der Waals surface area contributed by atoms with Crippen molar-refractivity contribution in [2.75, 3.05) is 31.1 Å². The fourth-order valence-electron chi connectivity index (χ4n) is 2.86. The smallest absolute Gasteiger partial charge is 0.408 e. The van der Waals surface area contributed by atoms with Crippen LogP contribution in [0.1, 0.15) is 9.67 Å². The molecule has 1 aliphatic rings. The zero-order valence-corrected chi connectivity index (χ0v) is 13.1. The first-order valence-corrected chi connectivity index (χ1v) is 8.29. The molecule has 118 valence electrons. The number of nitrogens with zero attached hydrogens (tertiary/aromatic N) is 2. The van der Waals surface area contributed by atoms with Crippen LogP contribution in [0.5, 0.6) is 0 Å². The molecule has 3 heterocycles. The number of oxazole rings is 1. The van der Waals surface area contributed by atoms with E-state index in [1.54, 1.807) is 6.07 Å². The summed E-state index contributed by atoms with van der Waals surface area (Å²) in [5, 5.41) is 1.92. The van der Waals surface area contributed by atoms with Gasteiger partial charge in [0, 0.05) is 31.9 Å². The quantitative estimate of drug-likeness (QED) is 0.782. The molecule has 0 atom stereocenters. The molecular weight excluding hydrogens is 314 g/mol. The first kappa shape index (κ1) is 14.1. The minimum absolute atomic E-state index is 0.106. The predicted octanol–water partition coefficient (Wildman–Crippen LogP) is 2.14. The number of hydrogen-bond acceptors (Lipinski definition) is 5. The maximum Gasteiger partial charge on any atom is 0.417 e. The van der Waals surface area contributed by atoms with Crippen molar-refractivity contribution in [2.45, 2.75) is 0 Å². The number of aromatic nitrogens is 1. The molecule has 1 N–H and O–H groups in total. The number of hydrogen-bond donors (Lipinski definition) is 1. The van der Waals surface area contributed by atoms with Gasteiger partial charge in [-0.2, -0.15) is 0 Å². The molecule has 3 aromatic rings. The van der Waals surface area contributed by atoms with Gasteiger partial charge in [0.1, 0.15) is 0 Å². The summed E-state index contributed by atoms with van der Waals surface area (Å²) in [4.78, 5) is 31.1. The number of aromatic amines is 1. The third-order valence-corrected chi connectivity index (χ3v) is 4.92. The Morgan fingerprint density at radius 2 is 2.00 bits per heavy atom. The summed E-state index contributed by atoms with van der Waals surface area (Å²) in [6, 6.07) is 9.41. The van der Waals surface area contributed by atoms with Gasteiger partial charge in [-0.25, -0.2) is 4.79 Å². The highest BCUT2D eigenvalue weighted by atomic mass is 32.1. The average Bonchev–Trinajstić information content (AvgIpc) is 3.22. The van der Waals surface area contributed by atoms with Crippen LogP contribution in [0.3, 0.4) is 0 Å². The molecule has 1 aromatic carbocycles. The zero-order valence-electron chi connectivity index (χ0n) is 12.3. The predicted molar refractivity (Wildman–Crippen MR) is 89.3 cm³/mol. The number of nitrogens with one attached hydrogen (secondary N) is 1. The SMILES string of the molecule is O=C(c1cccs1)N1CCN(c2ccc3oc(=O)[nH]c3c2)CC1. The Labute approximate surface area is 135 Å². The number of benzene rings is 1. The Kier molecular flexibility index (Phi) is 3.42. The second-order valence-electron chi connectivity index (χ2n) is 5.45. The summed E-state index contributed by atoms with van der Waals surface area (Å²) < 4.78 is 5.02. The summed E-state index contributed by atoms with van der Waals surface area (Å²) in [6.07, 6.45) is 0. The molecule has 6 nitrogen and oxygen atoms in total. The fraction of sp³-hybridized carbons (Fsp3) is 0.250. The first-order chi connectivity index (χ1) is 11.2. The van der Waals surface area contributed by atoms with Crippen LogP contribution in [0, 0.1) is 0 Å². The van der Waals surface area contributed by atoms with Crippen LogP contribution in [0.15, 0.2) is 44.9 Å². The van der Waals surface area contributed by atoms with Gasteiger partial charge in [-0.3, -0.25) is 9.78 Å². The maximum atomic E-state index is 12.3. The van der Waals surface area contributed by atoms with Gasteiger partial charge < -0.3 is 14.2 Å². The largest absolute Gasteiger partial charge is 0.417 e. The average molecular weight is 329 g/mol. The number of H-pyrrole nitrogens is 1. The lowest BCUT2D eigenvalue weighted by atomic mass is 10.2. The van der Waals surface area contributed by atoms with E-state index in [-0.39, 0.29) is 5.91 Å². The van der Waals surface area contributed by atoms with E-state index in [2.05, 4.69) is 9.88 Å². The molecule has 0 radical (unpaired) electrons. The van der Waals surface area contributed by atoms with Crippen LogP contribution in [0.2, 0.25) is 0 Å². The van der Waals surface area contributed by atoms with E-state index >= 15 is 0 Å². The molecule has 0 unspecified atom stereocenters. The Morgan fingerprint density at radius 1 is 1.17 bits per heavy atom. The number of carbonyl (C=O) groups excluding carboxylic acids is 1. The van der Waals surface area contributed by atoms with Crippen molar-refractivity contribution in [2.24, 2.45) is 0 Å². The number of amides is 1. The summed E-state index contributed by atoms with van der Waals surface area (Å²) in [7, 11) is 0. The number of anilines is 1. The lowest BCUT2D eigenvalue weighted by Gasteiger charge is -2.35. The minimum Gasteiger partial charge on any atom is -0.408 e. The monoisotopic (exact) mass is 329 g/mol. The van der Waals surface area contributed by atoms with Gasteiger partial charge in [-0.05, 0) is 29.6 Å². The van der Waals surface area contributed by atoms with Crippen molar-refractivity contribution in [3.8, 4) is 0 Å². The summed E-state index contributed by atoms with van der Waals surface area (Å²) in [6.45, 7) is 2.92. The molecule has 2 aromatic heterocycles. The Morgan fingerprint density at radius 3 is 2.74 bits per heavy atom. The molecule has 0 bridgehead atoms. The third kappa shape index (κ3) is 2.63. The van der Waals surface area contributed by atoms with Crippen LogP contribution in [-0.2, 0) is 0 Å². The zero-order chi connectivity index (χ0) is 15.8. The van der Waals surface area contributed by atoms with Crippen molar-refractivity contribution in [3.05, 3.63) is 51.1 Å². The minimum atomic E-state index is -0.441. The van der Waals surface area contributed by atoms with E-state index in [1.807, 2.05) is 34.5 Å². The van der Waals surface area contributed by atoms with Gasteiger partial charge in [0.2, 0.25) is 0 Å². The topological polar surface area (TPSA) is 69.6 Å². The molecule has 1 saturated heterocycles. The molecule has 0 saturated carbocycles. The molecule has 4 rings (SSSR count). The first-order valence-electron chi connectivity index (χ1n) is 7.41. The van der Waals surface area contributed by atoms with Crippen molar-refractivity contribution < 1.29 is 9.21 Å². The van der Waals surface area contributed by atoms with Gasteiger partial charge in [0.25, 0.3) is 5.91 Å². The summed E-state index contributed by atoms with van der Waals surface area (Å²) >= 11 is 1.48. The van der Waals surface area contributed by atoms with E-state index in [9.17, 15) is 9.59 Å². The summed E-state index contributed by atoms with van der Waals surface area (Å²) in [5.74, 6) is -0.335. The second-order valence-corrected chi connectivity index (χ2v) is 6.40. The molecule has 0 aliphatic carbocycles. The van der Waals surface area contributed by atoms with Crippen molar-refractivity contribution in [1.82, 2.24) is 9.88 Å². The molecule has 1 aliphatic heterocycles. The van der Waals surface area contributed by atoms with E-state index in [4.69, 9.17) is 4.42 Å². The Bertz CT molecular complexity index is 889. The molecule has 1 fully saturated rings. The van der Waals surface area contributed by atoms with Gasteiger partial charge in [-0.15, -0.1) is 11.3 Å². The fourth-order valence-corrected chi connectivity index (χ4v) is 3.55. The van der Waals surface area contributed by atoms with E-state index in [0.717, 1.165) is 23.7 Å². The number of piperazine rings is 1. The Hall–Kier alpha value is -2.54. The van der Waals surface area contributed by atoms with Gasteiger partial charge in [-0.1, -0.05) is 6.07 Å². The third-order valence-electron chi connectivity index (χ3n) is 4.07. The van der Waals surface area contributed by atoms with Crippen LogP contribution in [0.25, 0.3) is 11.1 Å².